The number of anilines is 1. The molecule has 1 amide bonds. The predicted octanol–water partition coefficient (Wildman–Crippen LogP) is 2.56. The normalized spacial score (nSPS) is 11.5. The molecule has 18 heavy (non-hydrogen) atoms. The van der Waals surface area contributed by atoms with E-state index in [-0.39, 0.29) is 11.3 Å². The Morgan fingerprint density at radius 2 is 1.67 bits per heavy atom. The molecule has 0 aliphatic rings. The van der Waals surface area contributed by atoms with Gasteiger partial charge in [0.25, 0.3) is 5.91 Å². The Morgan fingerprint density at radius 3 is 2.00 bits per heavy atom. The van der Waals surface area contributed by atoms with Gasteiger partial charge in [-0.1, -0.05) is 32.9 Å². The Bertz CT molecular complexity index is 435. The van der Waals surface area contributed by atoms with Gasteiger partial charge in [-0.3, -0.25) is 4.79 Å². The Hall–Kier alpha value is -1.35. The van der Waals surface area contributed by atoms with E-state index in [9.17, 15) is 4.79 Å². The van der Waals surface area contributed by atoms with Crippen molar-refractivity contribution in [2.45, 2.75) is 40.0 Å². The van der Waals surface area contributed by atoms with Gasteiger partial charge in [0.2, 0.25) is 0 Å². The third-order valence-electron chi connectivity index (χ3n) is 3.20. The maximum Gasteiger partial charge on any atom is 0.252 e. The van der Waals surface area contributed by atoms with Gasteiger partial charge in [0.1, 0.15) is 6.61 Å². The summed E-state index contributed by atoms with van der Waals surface area (Å²) in [4.78, 5) is 13.1. The number of nitrogens with zero attached hydrogens (tertiary/aromatic N) is 1. The molecule has 0 bridgehead atoms. The second-order valence-corrected chi connectivity index (χ2v) is 5.82. The highest BCUT2D eigenvalue weighted by molar-refractivity contribution is 5.95. The zero-order valence-electron chi connectivity index (χ0n) is 12.2. The summed E-state index contributed by atoms with van der Waals surface area (Å²) in [5.74, 6) is -0.287. The molecular formula is C15H23NO2. The average molecular weight is 249 g/mol. The smallest absolute Gasteiger partial charge is 0.252 e. The van der Waals surface area contributed by atoms with Crippen LogP contribution in [-0.2, 0) is 10.2 Å². The number of carbonyl (C=O) groups excluding carboxylic acids is 1. The first kappa shape index (κ1) is 14.7. The first-order valence-corrected chi connectivity index (χ1v) is 6.17. The third kappa shape index (κ3) is 2.91. The maximum absolute atomic E-state index is 11.6. The van der Waals surface area contributed by atoms with Crippen LogP contribution in [0.1, 0.15) is 37.5 Å². The zero-order chi connectivity index (χ0) is 14.1. The Labute approximate surface area is 109 Å². The fourth-order valence-electron chi connectivity index (χ4n) is 2.15. The summed E-state index contributed by atoms with van der Waals surface area (Å²) in [7, 11) is 1.70. The van der Waals surface area contributed by atoms with Gasteiger partial charge in [-0.05, 0) is 36.0 Å². The summed E-state index contributed by atoms with van der Waals surface area (Å²) in [5.41, 5.74) is 4.36. The second-order valence-electron chi connectivity index (χ2n) is 5.82. The fraction of sp³-hybridized carbons (Fsp3) is 0.533. The number of carbonyl (C=O) groups is 1. The maximum atomic E-state index is 11.6. The van der Waals surface area contributed by atoms with Crippen LogP contribution in [0.4, 0.5) is 5.69 Å². The molecule has 1 rings (SSSR count). The number of amides is 1. The highest BCUT2D eigenvalue weighted by Gasteiger charge is 2.19. The van der Waals surface area contributed by atoms with Crippen molar-refractivity contribution in [2.75, 3.05) is 18.6 Å². The molecule has 0 spiro atoms. The first-order valence-electron chi connectivity index (χ1n) is 6.17. The van der Waals surface area contributed by atoms with Crippen LogP contribution >= 0.6 is 0 Å². The highest BCUT2D eigenvalue weighted by atomic mass is 16.3. The van der Waals surface area contributed by atoms with Crippen LogP contribution in [0.2, 0.25) is 0 Å². The van der Waals surface area contributed by atoms with E-state index < -0.39 is 6.61 Å². The van der Waals surface area contributed by atoms with E-state index in [0.717, 1.165) is 16.8 Å². The number of aliphatic hydroxyl groups excluding tert-OH is 1. The molecule has 3 heteroatoms. The molecule has 0 fully saturated rings. The largest absolute Gasteiger partial charge is 0.387 e. The molecule has 0 aliphatic carbocycles. The van der Waals surface area contributed by atoms with Crippen molar-refractivity contribution >= 4 is 11.6 Å². The van der Waals surface area contributed by atoms with Crippen molar-refractivity contribution in [3.8, 4) is 0 Å². The van der Waals surface area contributed by atoms with Crippen molar-refractivity contribution in [3.05, 3.63) is 28.8 Å². The van der Waals surface area contributed by atoms with Gasteiger partial charge in [-0.15, -0.1) is 0 Å². The molecule has 1 aromatic rings. The standard InChI is InChI=1S/C15H23NO2/c1-10-7-12(15(3,4)5)8-11(2)14(10)16(6)13(18)9-17/h7-8,17H,9H2,1-6H3. The monoisotopic (exact) mass is 249 g/mol. The summed E-state index contributed by atoms with van der Waals surface area (Å²) in [6.07, 6.45) is 0. The SMILES string of the molecule is Cc1cc(C(C)(C)C)cc(C)c1N(C)C(=O)CO. The van der Waals surface area contributed by atoms with Crippen LogP contribution in [0, 0.1) is 13.8 Å². The third-order valence-corrected chi connectivity index (χ3v) is 3.20. The van der Waals surface area contributed by atoms with Gasteiger partial charge in [-0.2, -0.15) is 0 Å². The van der Waals surface area contributed by atoms with Crippen LogP contribution in [-0.4, -0.2) is 24.7 Å². The average Bonchev–Trinajstić information content (AvgIpc) is 2.25. The summed E-state index contributed by atoms with van der Waals surface area (Å²) < 4.78 is 0. The summed E-state index contributed by atoms with van der Waals surface area (Å²) >= 11 is 0. The summed E-state index contributed by atoms with van der Waals surface area (Å²) in [6, 6.07) is 4.23. The van der Waals surface area contributed by atoms with Crippen molar-refractivity contribution in [1.29, 1.82) is 0 Å². The molecule has 0 radical (unpaired) electrons. The number of hydrogen-bond acceptors (Lipinski definition) is 2. The van der Waals surface area contributed by atoms with Crippen LogP contribution in [0.25, 0.3) is 0 Å². The molecule has 1 N–H and O–H groups in total. The van der Waals surface area contributed by atoms with Crippen LogP contribution in [0.3, 0.4) is 0 Å². The Balaban J connectivity index is 3.29. The number of aliphatic hydroxyl groups is 1. The molecule has 100 valence electrons. The number of likely N-dealkylation sites (N-methyl/N-ethyl adjacent to an activating group) is 1. The molecule has 1 aromatic carbocycles. The van der Waals surface area contributed by atoms with E-state index in [1.54, 1.807) is 7.05 Å². The molecule has 0 saturated heterocycles. The van der Waals surface area contributed by atoms with E-state index in [2.05, 4.69) is 32.9 Å². The van der Waals surface area contributed by atoms with Crippen molar-refractivity contribution < 1.29 is 9.90 Å². The van der Waals surface area contributed by atoms with Crippen molar-refractivity contribution in [1.82, 2.24) is 0 Å². The Morgan fingerprint density at radius 1 is 1.22 bits per heavy atom. The van der Waals surface area contributed by atoms with Gasteiger partial charge >= 0.3 is 0 Å². The lowest BCUT2D eigenvalue weighted by Gasteiger charge is -2.26. The van der Waals surface area contributed by atoms with Gasteiger partial charge in [0, 0.05) is 12.7 Å². The number of rotatable bonds is 2. The highest BCUT2D eigenvalue weighted by Crippen LogP contribution is 2.31. The van der Waals surface area contributed by atoms with Gasteiger partial charge in [0.05, 0.1) is 0 Å². The van der Waals surface area contributed by atoms with E-state index in [1.807, 2.05) is 13.8 Å². The lowest BCUT2D eigenvalue weighted by atomic mass is 9.84. The lowest BCUT2D eigenvalue weighted by molar-refractivity contribution is -0.120. The predicted molar refractivity (Wildman–Crippen MR) is 75.1 cm³/mol. The molecule has 0 aliphatic heterocycles. The molecule has 0 atom stereocenters. The molecule has 0 heterocycles. The van der Waals surface area contributed by atoms with Crippen molar-refractivity contribution in [3.63, 3.8) is 0 Å². The van der Waals surface area contributed by atoms with Gasteiger partial charge < -0.3 is 10.0 Å². The second kappa shape index (κ2) is 5.11. The van der Waals surface area contributed by atoms with Crippen molar-refractivity contribution in [2.24, 2.45) is 0 Å². The van der Waals surface area contributed by atoms with Gasteiger partial charge in [-0.25, -0.2) is 0 Å². The zero-order valence-corrected chi connectivity index (χ0v) is 12.2. The van der Waals surface area contributed by atoms with Crippen LogP contribution in [0.15, 0.2) is 12.1 Å². The van der Waals surface area contributed by atoms with Crippen LogP contribution in [0.5, 0.6) is 0 Å². The molecule has 0 aromatic heterocycles. The number of aryl methyl sites for hydroxylation is 2. The fourth-order valence-corrected chi connectivity index (χ4v) is 2.15. The summed E-state index contributed by atoms with van der Waals surface area (Å²) in [6.45, 7) is 10.0. The summed E-state index contributed by atoms with van der Waals surface area (Å²) in [5, 5.41) is 8.94. The molecule has 0 unspecified atom stereocenters. The minimum atomic E-state index is -0.462. The molecular weight excluding hydrogens is 226 g/mol. The number of benzene rings is 1. The van der Waals surface area contributed by atoms with E-state index in [4.69, 9.17) is 5.11 Å². The molecule has 0 saturated carbocycles. The van der Waals surface area contributed by atoms with E-state index >= 15 is 0 Å². The van der Waals surface area contributed by atoms with Gasteiger partial charge in [0.15, 0.2) is 0 Å². The molecule has 3 nitrogen and oxygen atoms in total. The minimum Gasteiger partial charge on any atom is -0.387 e. The van der Waals surface area contributed by atoms with E-state index in [0.29, 0.717) is 0 Å². The number of hydrogen-bond donors (Lipinski definition) is 1. The quantitative estimate of drug-likeness (QED) is 0.875. The van der Waals surface area contributed by atoms with E-state index in [1.165, 1.54) is 10.5 Å². The van der Waals surface area contributed by atoms with Crippen LogP contribution < -0.4 is 4.90 Å². The first-order chi connectivity index (χ1) is 8.18. The lowest BCUT2D eigenvalue weighted by Crippen LogP contribution is -2.30. The topological polar surface area (TPSA) is 40.5 Å². The Kier molecular flexibility index (Phi) is 4.17. The minimum absolute atomic E-state index is 0.0909.